The maximum atomic E-state index is 12.0. The van der Waals surface area contributed by atoms with Gasteiger partial charge in [0.15, 0.2) is 0 Å². The van der Waals surface area contributed by atoms with Crippen molar-refractivity contribution in [3.05, 3.63) is 46.4 Å². The van der Waals surface area contributed by atoms with Crippen molar-refractivity contribution < 1.29 is 0 Å². The number of piperidine rings is 1. The molecule has 0 radical (unpaired) electrons. The van der Waals surface area contributed by atoms with Gasteiger partial charge in [0.2, 0.25) is 0 Å². The maximum absolute atomic E-state index is 12.0. The van der Waals surface area contributed by atoms with Crippen LogP contribution in [-0.2, 0) is 0 Å². The maximum Gasteiger partial charge on any atom is 0.256 e. The highest BCUT2D eigenvalue weighted by molar-refractivity contribution is 5.81. The van der Waals surface area contributed by atoms with Gasteiger partial charge >= 0.3 is 0 Å². The summed E-state index contributed by atoms with van der Waals surface area (Å²) in [5.41, 5.74) is 1.15. The van der Waals surface area contributed by atoms with E-state index < -0.39 is 0 Å². The second kappa shape index (κ2) is 4.58. The molecule has 1 aliphatic heterocycles. The number of nitrogens with zero attached hydrogens (tertiary/aromatic N) is 1. The first-order chi connectivity index (χ1) is 8.74. The van der Waals surface area contributed by atoms with Crippen LogP contribution in [0.3, 0.4) is 0 Å². The molecule has 1 saturated heterocycles. The SMILES string of the molecule is CN1CCC(c2cc3ccccc3c(=O)[nH]2)CC1. The van der Waals surface area contributed by atoms with Crippen LogP contribution in [0.1, 0.15) is 24.5 Å². The number of rotatable bonds is 1. The van der Waals surface area contributed by atoms with Crippen molar-refractivity contribution in [2.45, 2.75) is 18.8 Å². The molecule has 1 aromatic heterocycles. The van der Waals surface area contributed by atoms with Gasteiger partial charge in [-0.25, -0.2) is 0 Å². The Bertz CT molecular complexity index is 609. The largest absolute Gasteiger partial charge is 0.325 e. The number of pyridine rings is 1. The molecule has 1 fully saturated rings. The van der Waals surface area contributed by atoms with E-state index in [1.54, 1.807) is 0 Å². The first-order valence-corrected chi connectivity index (χ1v) is 6.54. The number of nitrogens with one attached hydrogen (secondary N) is 1. The van der Waals surface area contributed by atoms with Crippen LogP contribution in [0.5, 0.6) is 0 Å². The van der Waals surface area contributed by atoms with Crippen molar-refractivity contribution in [1.82, 2.24) is 9.88 Å². The van der Waals surface area contributed by atoms with Crippen molar-refractivity contribution >= 4 is 10.8 Å². The van der Waals surface area contributed by atoms with Crippen LogP contribution in [0.2, 0.25) is 0 Å². The molecule has 3 rings (SSSR count). The number of H-pyrrole nitrogens is 1. The van der Waals surface area contributed by atoms with E-state index in [2.05, 4.69) is 23.0 Å². The Morgan fingerprint density at radius 1 is 1.22 bits per heavy atom. The third-order valence-corrected chi connectivity index (χ3v) is 3.93. The second-order valence-electron chi connectivity index (χ2n) is 5.22. The van der Waals surface area contributed by atoms with E-state index in [0.29, 0.717) is 5.92 Å². The highest BCUT2D eigenvalue weighted by atomic mass is 16.1. The zero-order chi connectivity index (χ0) is 12.5. The molecule has 1 aliphatic rings. The Kier molecular flexibility index (Phi) is 2.92. The van der Waals surface area contributed by atoms with Gasteiger partial charge in [-0.05, 0) is 50.5 Å². The molecule has 3 heteroatoms. The van der Waals surface area contributed by atoms with Crippen LogP contribution in [0.15, 0.2) is 35.1 Å². The number of aromatic amines is 1. The lowest BCUT2D eigenvalue weighted by molar-refractivity contribution is 0.253. The van der Waals surface area contributed by atoms with E-state index in [1.807, 2.05) is 24.3 Å². The zero-order valence-corrected chi connectivity index (χ0v) is 10.6. The summed E-state index contributed by atoms with van der Waals surface area (Å²) in [6.45, 7) is 2.22. The van der Waals surface area contributed by atoms with E-state index in [0.717, 1.165) is 42.4 Å². The molecule has 2 heterocycles. The molecule has 2 aromatic rings. The van der Waals surface area contributed by atoms with Gasteiger partial charge < -0.3 is 9.88 Å². The van der Waals surface area contributed by atoms with Gasteiger partial charge in [-0.15, -0.1) is 0 Å². The van der Waals surface area contributed by atoms with E-state index in [4.69, 9.17) is 0 Å². The van der Waals surface area contributed by atoms with E-state index in [-0.39, 0.29) is 5.56 Å². The molecule has 18 heavy (non-hydrogen) atoms. The smallest absolute Gasteiger partial charge is 0.256 e. The number of likely N-dealkylation sites (tertiary alicyclic amines) is 1. The highest BCUT2D eigenvalue weighted by Gasteiger charge is 2.19. The van der Waals surface area contributed by atoms with Crippen molar-refractivity contribution in [2.75, 3.05) is 20.1 Å². The number of aromatic nitrogens is 1. The lowest BCUT2D eigenvalue weighted by Crippen LogP contribution is -2.30. The van der Waals surface area contributed by atoms with Crippen molar-refractivity contribution in [2.24, 2.45) is 0 Å². The number of benzene rings is 1. The number of hydrogen-bond acceptors (Lipinski definition) is 2. The topological polar surface area (TPSA) is 36.1 Å². The Balaban J connectivity index is 2.00. The van der Waals surface area contributed by atoms with Crippen LogP contribution < -0.4 is 5.56 Å². The van der Waals surface area contributed by atoms with Crippen LogP contribution >= 0.6 is 0 Å². The molecule has 1 aromatic carbocycles. The Labute approximate surface area is 106 Å². The number of hydrogen-bond donors (Lipinski definition) is 1. The summed E-state index contributed by atoms with van der Waals surface area (Å²) >= 11 is 0. The summed E-state index contributed by atoms with van der Waals surface area (Å²) in [7, 11) is 2.15. The lowest BCUT2D eigenvalue weighted by atomic mass is 9.92. The third-order valence-electron chi connectivity index (χ3n) is 3.93. The molecule has 0 unspecified atom stereocenters. The summed E-state index contributed by atoms with van der Waals surface area (Å²) < 4.78 is 0. The van der Waals surface area contributed by atoms with E-state index >= 15 is 0 Å². The van der Waals surface area contributed by atoms with Gasteiger partial charge in [0.05, 0.1) is 0 Å². The van der Waals surface area contributed by atoms with Gasteiger partial charge in [0.1, 0.15) is 0 Å². The van der Waals surface area contributed by atoms with Crippen LogP contribution in [0.25, 0.3) is 10.8 Å². The molecule has 0 aliphatic carbocycles. The molecular formula is C15H18N2O. The van der Waals surface area contributed by atoms with Crippen LogP contribution in [0.4, 0.5) is 0 Å². The second-order valence-corrected chi connectivity index (χ2v) is 5.22. The fourth-order valence-electron chi connectivity index (χ4n) is 2.77. The molecule has 0 spiro atoms. The molecule has 0 atom stereocenters. The van der Waals surface area contributed by atoms with E-state index in [1.165, 1.54) is 0 Å². The molecule has 3 nitrogen and oxygen atoms in total. The molecule has 0 saturated carbocycles. The van der Waals surface area contributed by atoms with E-state index in [9.17, 15) is 4.79 Å². The predicted molar refractivity (Wildman–Crippen MR) is 74.0 cm³/mol. The first kappa shape index (κ1) is 11.5. The monoisotopic (exact) mass is 242 g/mol. The summed E-state index contributed by atoms with van der Waals surface area (Å²) in [6.07, 6.45) is 2.26. The Morgan fingerprint density at radius 3 is 2.72 bits per heavy atom. The number of fused-ring (bicyclic) bond motifs is 1. The van der Waals surface area contributed by atoms with Crippen molar-refractivity contribution in [3.8, 4) is 0 Å². The summed E-state index contributed by atoms with van der Waals surface area (Å²) in [5, 5.41) is 1.84. The van der Waals surface area contributed by atoms with Gasteiger partial charge in [0, 0.05) is 17.0 Å². The van der Waals surface area contributed by atoms with Gasteiger partial charge in [0.25, 0.3) is 5.56 Å². The van der Waals surface area contributed by atoms with Crippen molar-refractivity contribution in [1.29, 1.82) is 0 Å². The minimum Gasteiger partial charge on any atom is -0.325 e. The minimum absolute atomic E-state index is 0.0435. The van der Waals surface area contributed by atoms with Crippen molar-refractivity contribution in [3.63, 3.8) is 0 Å². The zero-order valence-electron chi connectivity index (χ0n) is 10.6. The summed E-state index contributed by atoms with van der Waals surface area (Å²) in [4.78, 5) is 17.4. The fourth-order valence-corrected chi connectivity index (χ4v) is 2.77. The fraction of sp³-hybridized carbons (Fsp3) is 0.400. The Hall–Kier alpha value is -1.61. The summed E-state index contributed by atoms with van der Waals surface area (Å²) in [6, 6.07) is 9.94. The first-order valence-electron chi connectivity index (χ1n) is 6.54. The Morgan fingerprint density at radius 2 is 1.94 bits per heavy atom. The van der Waals surface area contributed by atoms with Gasteiger partial charge in [-0.3, -0.25) is 4.79 Å². The lowest BCUT2D eigenvalue weighted by Gasteiger charge is -2.28. The predicted octanol–water partition coefficient (Wildman–Crippen LogP) is 2.34. The van der Waals surface area contributed by atoms with Gasteiger partial charge in [-0.1, -0.05) is 18.2 Å². The van der Waals surface area contributed by atoms with Crippen LogP contribution in [0, 0.1) is 0 Å². The minimum atomic E-state index is 0.0435. The molecule has 94 valence electrons. The molecular weight excluding hydrogens is 224 g/mol. The summed E-state index contributed by atoms with van der Waals surface area (Å²) in [5.74, 6) is 0.499. The third kappa shape index (κ3) is 2.06. The molecule has 0 amide bonds. The average Bonchev–Trinajstić information content (AvgIpc) is 2.39. The normalized spacial score (nSPS) is 18.3. The molecule has 0 bridgehead atoms. The standard InChI is InChI=1S/C15H18N2O/c1-17-8-6-11(7-9-17)14-10-12-4-2-3-5-13(12)15(18)16-14/h2-5,10-11H,6-9H2,1H3,(H,16,18). The van der Waals surface area contributed by atoms with Crippen LogP contribution in [-0.4, -0.2) is 30.0 Å². The average molecular weight is 242 g/mol. The highest BCUT2D eigenvalue weighted by Crippen LogP contribution is 2.26. The quantitative estimate of drug-likeness (QED) is 0.833. The van der Waals surface area contributed by atoms with Gasteiger partial charge in [-0.2, -0.15) is 0 Å². The molecule has 1 N–H and O–H groups in total.